The van der Waals surface area contributed by atoms with Crippen LogP contribution in [0.5, 0.6) is 0 Å². The summed E-state index contributed by atoms with van der Waals surface area (Å²) < 4.78 is 3.47. The first kappa shape index (κ1) is 18.4. The molecule has 7 nitrogen and oxygen atoms in total. The summed E-state index contributed by atoms with van der Waals surface area (Å²) in [7, 11) is 0. The van der Waals surface area contributed by atoms with Gasteiger partial charge in [-0.05, 0) is 32.8 Å². The standard InChI is InChI=1S/C21H25N5O2/c1-3-24-13-10-22-20(24)16-8-11-25(12-9-16)19(27)14-26-21(28)18-7-5-4-6-17(18)15(2)23-26/h4-7,10,13,16H,3,8-9,11-12,14H2,1-2H3. The van der Waals surface area contributed by atoms with Crippen molar-refractivity contribution in [2.24, 2.45) is 0 Å². The molecule has 0 saturated carbocycles. The smallest absolute Gasteiger partial charge is 0.275 e. The van der Waals surface area contributed by atoms with Crippen molar-refractivity contribution in [2.45, 2.75) is 45.7 Å². The highest BCUT2D eigenvalue weighted by Gasteiger charge is 2.26. The molecule has 1 aliphatic heterocycles. The number of carbonyl (C=O) groups is 1. The van der Waals surface area contributed by atoms with E-state index in [2.05, 4.69) is 21.6 Å². The first-order valence-electron chi connectivity index (χ1n) is 9.83. The molecule has 0 radical (unpaired) electrons. The van der Waals surface area contributed by atoms with Crippen LogP contribution in [0.2, 0.25) is 0 Å². The Kier molecular flexibility index (Phi) is 4.98. The third-order valence-electron chi connectivity index (χ3n) is 5.64. The summed E-state index contributed by atoms with van der Waals surface area (Å²) in [5.74, 6) is 1.43. The lowest BCUT2D eigenvalue weighted by Gasteiger charge is -2.32. The van der Waals surface area contributed by atoms with Gasteiger partial charge in [-0.15, -0.1) is 0 Å². The monoisotopic (exact) mass is 379 g/mol. The van der Waals surface area contributed by atoms with Crippen molar-refractivity contribution in [2.75, 3.05) is 13.1 Å². The van der Waals surface area contributed by atoms with E-state index in [4.69, 9.17) is 0 Å². The number of imidazole rings is 1. The van der Waals surface area contributed by atoms with Gasteiger partial charge >= 0.3 is 0 Å². The molecule has 1 aromatic carbocycles. The molecular formula is C21H25N5O2. The maximum Gasteiger partial charge on any atom is 0.275 e. The van der Waals surface area contributed by atoms with Gasteiger partial charge in [0.1, 0.15) is 12.4 Å². The Bertz CT molecular complexity index is 1060. The summed E-state index contributed by atoms with van der Waals surface area (Å²) in [6.07, 6.45) is 5.63. The summed E-state index contributed by atoms with van der Waals surface area (Å²) in [5, 5.41) is 5.80. The molecule has 0 bridgehead atoms. The Morgan fingerprint density at radius 2 is 1.89 bits per heavy atom. The second-order valence-electron chi connectivity index (χ2n) is 7.32. The number of rotatable bonds is 4. The number of fused-ring (bicyclic) bond motifs is 1. The average Bonchev–Trinajstić information content (AvgIpc) is 3.21. The molecule has 1 aliphatic rings. The van der Waals surface area contributed by atoms with Crippen LogP contribution < -0.4 is 5.56 Å². The molecular weight excluding hydrogens is 354 g/mol. The molecule has 1 amide bonds. The fraction of sp³-hybridized carbons (Fsp3) is 0.429. The molecule has 146 valence electrons. The molecule has 1 fully saturated rings. The molecule has 0 N–H and O–H groups in total. The third kappa shape index (κ3) is 3.32. The molecule has 4 rings (SSSR count). The van der Waals surface area contributed by atoms with Crippen molar-refractivity contribution in [3.63, 3.8) is 0 Å². The summed E-state index contributed by atoms with van der Waals surface area (Å²) in [5.41, 5.74) is 0.544. The molecule has 3 heterocycles. The van der Waals surface area contributed by atoms with E-state index in [9.17, 15) is 9.59 Å². The van der Waals surface area contributed by atoms with Crippen molar-refractivity contribution in [3.8, 4) is 0 Å². The van der Waals surface area contributed by atoms with E-state index in [0.29, 0.717) is 24.4 Å². The van der Waals surface area contributed by atoms with E-state index < -0.39 is 0 Å². The summed E-state index contributed by atoms with van der Waals surface area (Å²) in [6.45, 7) is 6.23. The number of hydrogen-bond acceptors (Lipinski definition) is 4. The molecule has 7 heteroatoms. The van der Waals surface area contributed by atoms with Gasteiger partial charge in [-0.1, -0.05) is 18.2 Å². The third-order valence-corrected chi connectivity index (χ3v) is 5.64. The summed E-state index contributed by atoms with van der Waals surface area (Å²) in [4.78, 5) is 31.8. The lowest BCUT2D eigenvalue weighted by molar-refractivity contribution is -0.133. The van der Waals surface area contributed by atoms with Gasteiger partial charge in [0.05, 0.1) is 11.1 Å². The summed E-state index contributed by atoms with van der Waals surface area (Å²) >= 11 is 0. The van der Waals surface area contributed by atoms with Crippen LogP contribution in [-0.4, -0.2) is 43.2 Å². The fourth-order valence-corrected chi connectivity index (χ4v) is 4.07. The van der Waals surface area contributed by atoms with Crippen molar-refractivity contribution in [1.29, 1.82) is 0 Å². The van der Waals surface area contributed by atoms with E-state index >= 15 is 0 Å². The van der Waals surface area contributed by atoms with Crippen LogP contribution >= 0.6 is 0 Å². The van der Waals surface area contributed by atoms with E-state index in [0.717, 1.165) is 36.3 Å². The zero-order chi connectivity index (χ0) is 19.7. The molecule has 1 saturated heterocycles. The minimum atomic E-state index is -0.214. The van der Waals surface area contributed by atoms with E-state index in [-0.39, 0.29) is 18.0 Å². The number of aromatic nitrogens is 4. The largest absolute Gasteiger partial charge is 0.341 e. The van der Waals surface area contributed by atoms with Gasteiger partial charge in [-0.25, -0.2) is 9.67 Å². The van der Waals surface area contributed by atoms with Gasteiger partial charge in [0.25, 0.3) is 5.56 Å². The quantitative estimate of drug-likeness (QED) is 0.697. The molecule has 0 atom stereocenters. The Balaban J connectivity index is 1.46. The molecule has 0 aliphatic carbocycles. The number of hydrogen-bond donors (Lipinski definition) is 0. The molecule has 0 spiro atoms. The van der Waals surface area contributed by atoms with Crippen LogP contribution in [0.25, 0.3) is 10.8 Å². The minimum absolute atomic E-state index is 0.0151. The Morgan fingerprint density at radius 3 is 2.61 bits per heavy atom. The van der Waals surface area contributed by atoms with Crippen molar-refractivity contribution < 1.29 is 4.79 Å². The van der Waals surface area contributed by atoms with Crippen molar-refractivity contribution in [3.05, 3.63) is 58.5 Å². The number of benzene rings is 1. The molecule has 28 heavy (non-hydrogen) atoms. The number of aryl methyl sites for hydroxylation is 2. The van der Waals surface area contributed by atoms with Crippen LogP contribution in [0, 0.1) is 6.92 Å². The SMILES string of the molecule is CCn1ccnc1C1CCN(C(=O)Cn2nc(C)c3ccccc3c2=O)CC1. The highest BCUT2D eigenvalue weighted by Crippen LogP contribution is 2.27. The van der Waals surface area contributed by atoms with Crippen LogP contribution in [0.3, 0.4) is 0 Å². The van der Waals surface area contributed by atoms with Crippen LogP contribution in [0.4, 0.5) is 0 Å². The Hall–Kier alpha value is -2.96. The van der Waals surface area contributed by atoms with Gasteiger partial charge in [-0.2, -0.15) is 5.10 Å². The van der Waals surface area contributed by atoms with Crippen LogP contribution in [-0.2, 0) is 17.9 Å². The lowest BCUT2D eigenvalue weighted by atomic mass is 9.96. The fourth-order valence-electron chi connectivity index (χ4n) is 4.07. The first-order chi connectivity index (χ1) is 13.6. The first-order valence-corrected chi connectivity index (χ1v) is 9.83. The van der Waals surface area contributed by atoms with Gasteiger partial charge in [0.15, 0.2) is 0 Å². The topological polar surface area (TPSA) is 73.0 Å². The minimum Gasteiger partial charge on any atom is -0.341 e. The zero-order valence-corrected chi connectivity index (χ0v) is 16.3. The van der Waals surface area contributed by atoms with E-state index in [1.165, 1.54) is 4.68 Å². The molecule has 2 aromatic heterocycles. The second-order valence-corrected chi connectivity index (χ2v) is 7.32. The number of nitrogens with zero attached hydrogens (tertiary/aromatic N) is 5. The van der Waals surface area contributed by atoms with E-state index in [1.807, 2.05) is 42.4 Å². The van der Waals surface area contributed by atoms with Gasteiger partial charge in [0, 0.05) is 43.3 Å². The highest BCUT2D eigenvalue weighted by atomic mass is 16.2. The van der Waals surface area contributed by atoms with Crippen molar-refractivity contribution in [1.82, 2.24) is 24.2 Å². The molecule has 0 unspecified atom stereocenters. The molecule has 3 aromatic rings. The number of carbonyl (C=O) groups excluding carboxylic acids is 1. The van der Waals surface area contributed by atoms with Crippen LogP contribution in [0.1, 0.15) is 37.2 Å². The second kappa shape index (κ2) is 7.58. The van der Waals surface area contributed by atoms with Crippen molar-refractivity contribution >= 4 is 16.7 Å². The predicted octanol–water partition coefficient (Wildman–Crippen LogP) is 2.33. The van der Waals surface area contributed by atoms with Gasteiger partial charge in [-0.3, -0.25) is 9.59 Å². The summed E-state index contributed by atoms with van der Waals surface area (Å²) in [6, 6.07) is 7.39. The lowest BCUT2D eigenvalue weighted by Crippen LogP contribution is -2.42. The zero-order valence-electron chi connectivity index (χ0n) is 16.3. The Morgan fingerprint density at radius 1 is 1.18 bits per heavy atom. The van der Waals surface area contributed by atoms with Gasteiger partial charge in [0.2, 0.25) is 5.91 Å². The maximum atomic E-state index is 12.8. The van der Waals surface area contributed by atoms with Crippen LogP contribution in [0.15, 0.2) is 41.5 Å². The highest BCUT2D eigenvalue weighted by molar-refractivity contribution is 5.83. The normalized spacial score (nSPS) is 15.3. The predicted molar refractivity (Wildman–Crippen MR) is 107 cm³/mol. The maximum absolute atomic E-state index is 12.8. The Labute approximate surface area is 163 Å². The number of amides is 1. The van der Waals surface area contributed by atoms with E-state index in [1.54, 1.807) is 6.07 Å². The number of likely N-dealkylation sites (tertiary alicyclic amines) is 1. The number of piperidine rings is 1. The van der Waals surface area contributed by atoms with Gasteiger partial charge < -0.3 is 9.47 Å². The average molecular weight is 379 g/mol.